The number of hydrogen-bond acceptors (Lipinski definition) is 6. The number of amides is 1. The lowest BCUT2D eigenvalue weighted by Crippen LogP contribution is -2.19. The van der Waals surface area contributed by atoms with Gasteiger partial charge in [0.2, 0.25) is 11.9 Å². The van der Waals surface area contributed by atoms with Gasteiger partial charge in [0.15, 0.2) is 0 Å². The van der Waals surface area contributed by atoms with Crippen molar-refractivity contribution >= 4 is 34.8 Å². The van der Waals surface area contributed by atoms with E-state index in [-0.39, 0.29) is 11.5 Å². The van der Waals surface area contributed by atoms with Crippen molar-refractivity contribution in [3.05, 3.63) is 94.8 Å². The summed E-state index contributed by atoms with van der Waals surface area (Å²) in [7, 11) is 0. The molecule has 0 radical (unpaired) electrons. The van der Waals surface area contributed by atoms with Crippen molar-refractivity contribution in [2.75, 3.05) is 10.6 Å². The third-order valence-corrected chi connectivity index (χ3v) is 4.79. The summed E-state index contributed by atoms with van der Waals surface area (Å²) in [6, 6.07) is 10.3. The van der Waals surface area contributed by atoms with Crippen LogP contribution in [-0.4, -0.2) is 30.6 Å². The van der Waals surface area contributed by atoms with Crippen LogP contribution in [0.1, 0.15) is 5.56 Å². The fraction of sp³-hybridized carbons (Fsp3) is 0.0455. The Kier molecular flexibility index (Phi) is 6.09. The summed E-state index contributed by atoms with van der Waals surface area (Å²) < 4.78 is 1.56. The van der Waals surface area contributed by atoms with Gasteiger partial charge in [-0.15, -0.1) is 0 Å². The number of nitrogens with one attached hydrogen (secondary N) is 3. The van der Waals surface area contributed by atoms with Gasteiger partial charge in [0, 0.05) is 29.7 Å². The first-order valence-corrected chi connectivity index (χ1v) is 9.91. The highest BCUT2D eigenvalue weighted by atomic mass is 35.5. The van der Waals surface area contributed by atoms with Crippen molar-refractivity contribution in [2.45, 2.75) is 6.54 Å². The minimum atomic E-state index is -0.284. The summed E-state index contributed by atoms with van der Waals surface area (Å²) in [4.78, 5) is 32.4. The summed E-state index contributed by atoms with van der Waals surface area (Å²) in [5, 5.41) is 12.8. The van der Waals surface area contributed by atoms with E-state index in [1.54, 1.807) is 41.4 Å². The Morgan fingerprint density at radius 1 is 1.16 bits per heavy atom. The lowest BCUT2D eigenvalue weighted by molar-refractivity contribution is -0.111. The molecule has 4 aromatic rings. The van der Waals surface area contributed by atoms with E-state index in [9.17, 15) is 9.59 Å². The molecule has 0 aliphatic heterocycles. The average molecular weight is 448 g/mol. The van der Waals surface area contributed by atoms with Gasteiger partial charge in [-0.3, -0.25) is 14.7 Å². The van der Waals surface area contributed by atoms with Crippen LogP contribution in [0, 0.1) is 0 Å². The van der Waals surface area contributed by atoms with Crippen LogP contribution >= 0.6 is 11.6 Å². The predicted octanol–water partition coefficient (Wildman–Crippen LogP) is 3.60. The highest BCUT2D eigenvalue weighted by Gasteiger charge is 2.10. The largest absolute Gasteiger partial charge is 0.323 e. The first-order chi connectivity index (χ1) is 15.5. The van der Waals surface area contributed by atoms with Crippen LogP contribution in [0.25, 0.3) is 11.3 Å². The van der Waals surface area contributed by atoms with Gasteiger partial charge in [0.05, 0.1) is 35.3 Å². The molecule has 0 atom stereocenters. The molecule has 3 N–H and O–H groups in total. The first kappa shape index (κ1) is 21.0. The molecule has 1 amide bonds. The van der Waals surface area contributed by atoms with Crippen LogP contribution in [-0.2, 0) is 11.3 Å². The predicted molar refractivity (Wildman–Crippen MR) is 123 cm³/mol. The topological polar surface area (TPSA) is 118 Å². The molecule has 0 saturated carbocycles. The molecular weight excluding hydrogens is 430 g/mol. The Hall–Kier alpha value is -4.24. The zero-order valence-corrected chi connectivity index (χ0v) is 17.5. The molecule has 3 aromatic heterocycles. The number of aromatic nitrogens is 5. The third-order valence-electron chi connectivity index (χ3n) is 4.52. The number of halogens is 1. The number of carbonyl (C=O) groups is 1. The number of anilines is 3. The summed E-state index contributed by atoms with van der Waals surface area (Å²) in [5.41, 5.74) is 3.30. The fourth-order valence-corrected chi connectivity index (χ4v) is 3.15. The van der Waals surface area contributed by atoms with Crippen molar-refractivity contribution in [3.63, 3.8) is 0 Å². The van der Waals surface area contributed by atoms with Crippen molar-refractivity contribution < 1.29 is 4.79 Å². The van der Waals surface area contributed by atoms with E-state index in [1.165, 1.54) is 18.3 Å². The lowest BCUT2D eigenvalue weighted by Gasteiger charge is -2.11. The molecule has 3 heterocycles. The van der Waals surface area contributed by atoms with Crippen LogP contribution in [0.2, 0.25) is 5.02 Å². The molecule has 32 heavy (non-hydrogen) atoms. The van der Waals surface area contributed by atoms with E-state index in [0.717, 1.165) is 11.1 Å². The SMILES string of the molecule is C=CC(=O)Nc1ccc(Cn2cc(Nc3ncc(Cl)c(-c4cn[nH]c4)n3)ccc2=O)cc1. The second-order valence-corrected chi connectivity index (χ2v) is 7.18. The molecule has 0 unspecified atom stereocenters. The molecule has 10 heteroatoms. The van der Waals surface area contributed by atoms with Crippen LogP contribution in [0.5, 0.6) is 0 Å². The Labute approximate surface area is 187 Å². The molecule has 0 fully saturated rings. The normalized spacial score (nSPS) is 10.5. The number of rotatable bonds is 7. The Morgan fingerprint density at radius 2 is 1.94 bits per heavy atom. The molecular formula is C22H18ClN7O2. The number of pyridine rings is 1. The number of hydrogen-bond donors (Lipinski definition) is 3. The van der Waals surface area contributed by atoms with Crippen molar-refractivity contribution in [1.29, 1.82) is 0 Å². The minimum Gasteiger partial charge on any atom is -0.323 e. The van der Waals surface area contributed by atoms with Crippen molar-refractivity contribution in [3.8, 4) is 11.3 Å². The minimum absolute atomic E-state index is 0.157. The van der Waals surface area contributed by atoms with E-state index >= 15 is 0 Å². The fourth-order valence-electron chi connectivity index (χ4n) is 2.95. The van der Waals surface area contributed by atoms with Crippen molar-refractivity contribution in [1.82, 2.24) is 24.7 Å². The summed E-state index contributed by atoms with van der Waals surface area (Å²) in [6.45, 7) is 3.78. The van der Waals surface area contributed by atoms with Crippen LogP contribution in [0.15, 0.2) is 78.6 Å². The van der Waals surface area contributed by atoms with Gasteiger partial charge in [-0.05, 0) is 29.8 Å². The van der Waals surface area contributed by atoms with Crippen LogP contribution in [0.3, 0.4) is 0 Å². The van der Waals surface area contributed by atoms with Crippen LogP contribution < -0.4 is 16.2 Å². The van der Waals surface area contributed by atoms with Gasteiger partial charge in [0.25, 0.3) is 5.56 Å². The van der Waals surface area contributed by atoms with Gasteiger partial charge in [-0.1, -0.05) is 30.3 Å². The number of carbonyl (C=O) groups excluding carboxylic acids is 1. The Morgan fingerprint density at radius 3 is 2.66 bits per heavy atom. The van der Waals surface area contributed by atoms with Crippen molar-refractivity contribution in [2.24, 2.45) is 0 Å². The molecule has 0 aliphatic rings. The third kappa shape index (κ3) is 4.90. The average Bonchev–Trinajstić information content (AvgIpc) is 3.33. The second-order valence-electron chi connectivity index (χ2n) is 6.78. The summed E-state index contributed by atoms with van der Waals surface area (Å²) in [5.74, 6) is 0.0474. The van der Waals surface area contributed by atoms with E-state index < -0.39 is 0 Å². The number of H-pyrrole nitrogens is 1. The van der Waals surface area contributed by atoms with Gasteiger partial charge in [-0.25, -0.2) is 9.97 Å². The molecule has 9 nitrogen and oxygen atoms in total. The van der Waals surface area contributed by atoms with Gasteiger partial charge >= 0.3 is 0 Å². The van der Waals surface area contributed by atoms with Crippen LogP contribution in [0.4, 0.5) is 17.3 Å². The highest BCUT2D eigenvalue weighted by Crippen LogP contribution is 2.26. The maximum absolute atomic E-state index is 12.3. The smallest absolute Gasteiger partial charge is 0.250 e. The molecule has 0 saturated heterocycles. The van der Waals surface area contributed by atoms with Gasteiger partial charge in [0.1, 0.15) is 0 Å². The maximum atomic E-state index is 12.3. The zero-order chi connectivity index (χ0) is 22.5. The zero-order valence-electron chi connectivity index (χ0n) is 16.7. The monoisotopic (exact) mass is 447 g/mol. The summed E-state index contributed by atoms with van der Waals surface area (Å²) in [6.07, 6.45) is 7.69. The molecule has 0 aliphatic carbocycles. The molecule has 1 aromatic carbocycles. The number of aromatic amines is 1. The maximum Gasteiger partial charge on any atom is 0.250 e. The quantitative estimate of drug-likeness (QED) is 0.372. The molecule has 4 rings (SSSR count). The lowest BCUT2D eigenvalue weighted by atomic mass is 10.2. The number of nitrogens with zero attached hydrogens (tertiary/aromatic N) is 4. The van der Waals surface area contributed by atoms with Gasteiger partial charge < -0.3 is 15.2 Å². The van der Waals surface area contributed by atoms with Gasteiger partial charge in [-0.2, -0.15) is 5.10 Å². The number of benzene rings is 1. The standard InChI is InChI=1S/C22H18ClN7O2/c1-2-19(31)27-16-5-3-14(4-6-16)12-30-13-17(7-8-20(30)32)28-22-24-11-18(23)21(29-22)15-9-25-26-10-15/h2-11,13H,1,12H2,(H,25,26)(H,27,31)(H,24,28,29). The Bertz CT molecular complexity index is 1320. The second kappa shape index (κ2) is 9.27. The summed E-state index contributed by atoms with van der Waals surface area (Å²) >= 11 is 6.21. The van der Waals surface area contributed by atoms with E-state index in [2.05, 4.69) is 37.4 Å². The molecule has 0 bridgehead atoms. The van der Waals surface area contributed by atoms with E-state index in [4.69, 9.17) is 11.6 Å². The first-order valence-electron chi connectivity index (χ1n) is 9.53. The van der Waals surface area contributed by atoms with E-state index in [0.29, 0.717) is 34.6 Å². The highest BCUT2D eigenvalue weighted by molar-refractivity contribution is 6.32. The van der Waals surface area contributed by atoms with E-state index in [1.807, 2.05) is 12.1 Å². The molecule has 0 spiro atoms. The molecule has 160 valence electrons. The Balaban J connectivity index is 1.52.